The lowest BCUT2D eigenvalue weighted by Gasteiger charge is -2.18. The van der Waals surface area contributed by atoms with Crippen LogP contribution in [-0.4, -0.2) is 27.5 Å². The number of anilines is 1. The van der Waals surface area contributed by atoms with Gasteiger partial charge in [-0.2, -0.15) is 0 Å². The number of aryl methyl sites for hydroxylation is 2. The maximum Gasteiger partial charge on any atom is 0.262 e. The molecule has 6 heteroatoms. The van der Waals surface area contributed by atoms with Crippen molar-refractivity contribution in [1.29, 1.82) is 0 Å². The van der Waals surface area contributed by atoms with Crippen molar-refractivity contribution in [3.8, 4) is 28.4 Å². The number of rotatable bonds is 2. The van der Waals surface area contributed by atoms with Crippen LogP contribution in [0.3, 0.4) is 0 Å². The van der Waals surface area contributed by atoms with Gasteiger partial charge in [-0.3, -0.25) is 9.78 Å². The molecule has 0 unspecified atom stereocenters. The molecule has 0 saturated carbocycles. The van der Waals surface area contributed by atoms with Gasteiger partial charge in [-0.25, -0.2) is 4.98 Å². The first-order valence-corrected chi connectivity index (χ1v) is 7.68. The van der Waals surface area contributed by atoms with Crippen LogP contribution in [0.2, 0.25) is 0 Å². The number of H-pyrrole nitrogens is 1. The van der Waals surface area contributed by atoms with E-state index in [4.69, 9.17) is 4.74 Å². The second kappa shape index (κ2) is 5.49. The van der Waals surface area contributed by atoms with Gasteiger partial charge in [0.2, 0.25) is 0 Å². The first-order chi connectivity index (χ1) is 11.6. The average molecular weight is 320 g/mol. The van der Waals surface area contributed by atoms with Crippen molar-refractivity contribution in [3.63, 3.8) is 0 Å². The second-order valence-electron chi connectivity index (χ2n) is 5.76. The molecule has 24 heavy (non-hydrogen) atoms. The first kappa shape index (κ1) is 14.4. The number of pyridine rings is 1. The molecule has 0 saturated heterocycles. The molecule has 0 spiro atoms. The van der Waals surface area contributed by atoms with Gasteiger partial charge in [0.05, 0.1) is 22.8 Å². The number of hydrogen-bond acceptors (Lipinski definition) is 4. The van der Waals surface area contributed by atoms with Crippen LogP contribution in [0.25, 0.3) is 22.6 Å². The highest BCUT2D eigenvalue weighted by Crippen LogP contribution is 2.35. The summed E-state index contributed by atoms with van der Waals surface area (Å²) in [6.07, 6.45) is 0. The number of aromatic nitrogens is 3. The van der Waals surface area contributed by atoms with Crippen LogP contribution < -0.4 is 10.1 Å². The maximum absolute atomic E-state index is 11.5. The van der Waals surface area contributed by atoms with Gasteiger partial charge in [-0.1, -0.05) is 6.07 Å². The number of hydrogen-bond donors (Lipinski definition) is 2. The van der Waals surface area contributed by atoms with Gasteiger partial charge in [0.25, 0.3) is 5.91 Å². The van der Waals surface area contributed by atoms with Gasteiger partial charge < -0.3 is 15.0 Å². The van der Waals surface area contributed by atoms with E-state index < -0.39 is 0 Å². The highest BCUT2D eigenvalue weighted by atomic mass is 16.5. The fourth-order valence-electron chi connectivity index (χ4n) is 2.80. The number of aromatic amines is 1. The van der Waals surface area contributed by atoms with Gasteiger partial charge in [-0.05, 0) is 44.2 Å². The second-order valence-corrected chi connectivity index (χ2v) is 5.76. The largest absolute Gasteiger partial charge is 0.482 e. The minimum absolute atomic E-state index is 0.0479. The highest BCUT2D eigenvalue weighted by Gasteiger charge is 2.19. The topological polar surface area (TPSA) is 79.9 Å². The summed E-state index contributed by atoms with van der Waals surface area (Å²) in [5.74, 6) is 1.32. The smallest absolute Gasteiger partial charge is 0.262 e. The number of carbonyl (C=O) groups is 1. The van der Waals surface area contributed by atoms with E-state index in [-0.39, 0.29) is 12.5 Å². The normalized spacial score (nSPS) is 13.2. The van der Waals surface area contributed by atoms with Crippen molar-refractivity contribution in [1.82, 2.24) is 15.0 Å². The number of imidazole rings is 1. The summed E-state index contributed by atoms with van der Waals surface area (Å²) in [6, 6.07) is 11.5. The molecule has 1 amide bonds. The van der Waals surface area contributed by atoms with Crippen LogP contribution >= 0.6 is 0 Å². The Labute approximate surface area is 138 Å². The zero-order valence-corrected chi connectivity index (χ0v) is 13.4. The number of nitrogens with one attached hydrogen (secondary N) is 2. The summed E-state index contributed by atoms with van der Waals surface area (Å²) in [7, 11) is 0. The Morgan fingerprint density at radius 1 is 1.12 bits per heavy atom. The van der Waals surface area contributed by atoms with Gasteiger partial charge in [0.1, 0.15) is 11.6 Å². The third kappa shape index (κ3) is 2.52. The van der Waals surface area contributed by atoms with E-state index in [1.54, 1.807) is 0 Å². The van der Waals surface area contributed by atoms with E-state index in [9.17, 15) is 4.79 Å². The van der Waals surface area contributed by atoms with Crippen LogP contribution in [0.5, 0.6) is 5.75 Å². The molecule has 1 aliphatic heterocycles. The molecule has 0 aliphatic carbocycles. The standard InChI is InChI=1S/C18H16N4O2/c1-10-4-3-5-13(19-10)18-17(20-11(2)21-18)12-6-7-15-14(8-12)22-16(23)9-24-15/h3-8H,9H2,1-2H3,(H,20,21)(H,22,23). The van der Waals surface area contributed by atoms with E-state index in [2.05, 4.69) is 20.3 Å². The van der Waals surface area contributed by atoms with E-state index >= 15 is 0 Å². The number of fused-ring (bicyclic) bond motifs is 1. The van der Waals surface area contributed by atoms with Crippen molar-refractivity contribution < 1.29 is 9.53 Å². The van der Waals surface area contributed by atoms with Crippen molar-refractivity contribution in [3.05, 3.63) is 47.9 Å². The molecule has 0 bridgehead atoms. The third-order valence-corrected chi connectivity index (χ3v) is 3.85. The lowest BCUT2D eigenvalue weighted by Crippen LogP contribution is -2.25. The summed E-state index contributed by atoms with van der Waals surface area (Å²) in [5.41, 5.74) is 4.99. The minimum Gasteiger partial charge on any atom is -0.482 e. The lowest BCUT2D eigenvalue weighted by atomic mass is 10.1. The van der Waals surface area contributed by atoms with Gasteiger partial charge in [-0.15, -0.1) is 0 Å². The summed E-state index contributed by atoms with van der Waals surface area (Å²) in [4.78, 5) is 24.0. The summed E-state index contributed by atoms with van der Waals surface area (Å²) < 4.78 is 5.41. The SMILES string of the molecule is Cc1cccc(-c2[nH]c(C)nc2-c2ccc3c(c2)NC(=O)CO3)n1. The van der Waals surface area contributed by atoms with Gasteiger partial charge in [0, 0.05) is 11.3 Å². The molecule has 4 rings (SSSR count). The molecule has 0 radical (unpaired) electrons. The Morgan fingerprint density at radius 3 is 2.83 bits per heavy atom. The lowest BCUT2D eigenvalue weighted by molar-refractivity contribution is -0.118. The average Bonchev–Trinajstić information content (AvgIpc) is 2.96. The molecule has 1 aromatic carbocycles. The van der Waals surface area contributed by atoms with Crippen molar-refractivity contribution >= 4 is 11.6 Å². The summed E-state index contributed by atoms with van der Waals surface area (Å²) in [5, 5.41) is 2.83. The maximum atomic E-state index is 11.5. The van der Waals surface area contributed by atoms with E-state index in [1.807, 2.05) is 50.2 Å². The van der Waals surface area contributed by atoms with Crippen molar-refractivity contribution in [2.45, 2.75) is 13.8 Å². The predicted molar refractivity (Wildman–Crippen MR) is 90.9 cm³/mol. The Kier molecular flexibility index (Phi) is 3.30. The number of benzene rings is 1. The van der Waals surface area contributed by atoms with Crippen LogP contribution in [0.4, 0.5) is 5.69 Å². The zero-order chi connectivity index (χ0) is 16.7. The molecule has 120 valence electrons. The molecule has 0 atom stereocenters. The molecule has 1 aliphatic rings. The Balaban J connectivity index is 1.83. The predicted octanol–water partition coefficient (Wildman–Crippen LogP) is 3.09. The number of ether oxygens (including phenoxy) is 1. The van der Waals surface area contributed by atoms with Crippen LogP contribution in [0.15, 0.2) is 36.4 Å². The van der Waals surface area contributed by atoms with E-state index in [0.29, 0.717) is 11.4 Å². The van der Waals surface area contributed by atoms with Crippen LogP contribution in [0, 0.1) is 13.8 Å². The Hall–Kier alpha value is -3.15. The van der Waals surface area contributed by atoms with Gasteiger partial charge >= 0.3 is 0 Å². The third-order valence-electron chi connectivity index (χ3n) is 3.85. The van der Waals surface area contributed by atoms with E-state index in [1.165, 1.54) is 0 Å². The minimum atomic E-state index is -0.154. The van der Waals surface area contributed by atoms with Crippen molar-refractivity contribution in [2.24, 2.45) is 0 Å². The first-order valence-electron chi connectivity index (χ1n) is 7.68. The van der Waals surface area contributed by atoms with Gasteiger partial charge in [0.15, 0.2) is 6.61 Å². The molecule has 2 N–H and O–H groups in total. The summed E-state index contributed by atoms with van der Waals surface area (Å²) in [6.45, 7) is 3.91. The molecular weight excluding hydrogens is 304 g/mol. The molecule has 3 heterocycles. The summed E-state index contributed by atoms with van der Waals surface area (Å²) >= 11 is 0. The molecule has 6 nitrogen and oxygen atoms in total. The van der Waals surface area contributed by atoms with Crippen LogP contribution in [-0.2, 0) is 4.79 Å². The monoisotopic (exact) mass is 320 g/mol. The van der Waals surface area contributed by atoms with E-state index in [0.717, 1.165) is 34.2 Å². The zero-order valence-electron chi connectivity index (χ0n) is 13.4. The quantitative estimate of drug-likeness (QED) is 0.760. The molecule has 0 fully saturated rings. The van der Waals surface area contributed by atoms with Crippen molar-refractivity contribution in [2.75, 3.05) is 11.9 Å². The molecule has 3 aromatic rings. The Morgan fingerprint density at radius 2 is 2.00 bits per heavy atom. The number of amides is 1. The number of carbonyl (C=O) groups excluding carboxylic acids is 1. The fraction of sp³-hybridized carbons (Fsp3) is 0.167. The molecule has 2 aromatic heterocycles. The number of nitrogens with zero attached hydrogens (tertiary/aromatic N) is 2. The fourth-order valence-corrected chi connectivity index (χ4v) is 2.80. The Bertz CT molecular complexity index is 946. The molecular formula is C18H16N4O2. The van der Waals surface area contributed by atoms with Crippen LogP contribution in [0.1, 0.15) is 11.5 Å². The highest BCUT2D eigenvalue weighted by molar-refractivity contribution is 5.96.